The fraction of sp³-hybridized carbons (Fsp3) is 0.643. The van der Waals surface area contributed by atoms with Crippen LogP contribution in [0.4, 0.5) is 0 Å². The predicted molar refractivity (Wildman–Crippen MR) is 80.2 cm³/mol. The Morgan fingerprint density at radius 3 is 2.78 bits per heavy atom. The van der Waals surface area contributed by atoms with Crippen molar-refractivity contribution in [1.29, 1.82) is 0 Å². The van der Waals surface area contributed by atoms with E-state index in [-0.39, 0.29) is 11.3 Å². The van der Waals surface area contributed by atoms with Gasteiger partial charge < -0.3 is 4.90 Å². The van der Waals surface area contributed by atoms with Crippen molar-refractivity contribution in [2.75, 3.05) is 18.8 Å². The molecule has 1 saturated heterocycles. The van der Waals surface area contributed by atoms with Crippen molar-refractivity contribution < 1.29 is 4.79 Å². The monoisotopic (exact) mass is 283 g/mol. The molecule has 18 heavy (non-hydrogen) atoms. The highest BCUT2D eigenvalue weighted by Gasteiger charge is 2.29. The van der Waals surface area contributed by atoms with Gasteiger partial charge in [0.2, 0.25) is 5.91 Å². The first-order valence-corrected chi connectivity index (χ1v) is 8.36. The maximum atomic E-state index is 12.3. The molecule has 1 aromatic heterocycles. The summed E-state index contributed by atoms with van der Waals surface area (Å²) in [6.45, 7) is 7.80. The molecular weight excluding hydrogens is 262 g/mol. The molecule has 2 nitrogen and oxygen atoms in total. The number of carbonyl (C=O) groups is 1. The third-order valence-corrected chi connectivity index (χ3v) is 5.58. The van der Waals surface area contributed by atoms with Gasteiger partial charge in [0, 0.05) is 34.4 Å². The van der Waals surface area contributed by atoms with E-state index in [2.05, 4.69) is 17.5 Å². The highest BCUT2D eigenvalue weighted by atomic mass is 32.2. The van der Waals surface area contributed by atoms with Gasteiger partial charge in [-0.1, -0.05) is 26.8 Å². The van der Waals surface area contributed by atoms with Crippen LogP contribution in [0, 0.1) is 5.41 Å². The van der Waals surface area contributed by atoms with Crippen LogP contribution in [0.2, 0.25) is 0 Å². The van der Waals surface area contributed by atoms with Crippen LogP contribution in [0.15, 0.2) is 17.5 Å². The van der Waals surface area contributed by atoms with E-state index in [0.29, 0.717) is 5.25 Å². The number of amides is 1. The molecule has 1 atom stereocenters. The van der Waals surface area contributed by atoms with Crippen molar-refractivity contribution in [3.8, 4) is 0 Å². The lowest BCUT2D eigenvalue weighted by atomic mass is 9.94. The molecule has 0 N–H and O–H groups in total. The number of thioether (sulfide) groups is 1. The molecular formula is C14H21NOS2. The third-order valence-electron chi connectivity index (χ3n) is 3.13. The van der Waals surface area contributed by atoms with Crippen LogP contribution in [0.3, 0.4) is 0 Å². The van der Waals surface area contributed by atoms with E-state index in [9.17, 15) is 4.79 Å². The summed E-state index contributed by atoms with van der Waals surface area (Å²) in [5.74, 6) is 1.33. The van der Waals surface area contributed by atoms with Gasteiger partial charge in [-0.05, 0) is 17.9 Å². The maximum absolute atomic E-state index is 12.3. The second-order valence-electron chi connectivity index (χ2n) is 5.71. The number of nitrogens with zero attached hydrogens (tertiary/aromatic N) is 1. The summed E-state index contributed by atoms with van der Waals surface area (Å²) in [6, 6.07) is 4.33. The highest BCUT2D eigenvalue weighted by molar-refractivity contribution is 7.99. The van der Waals surface area contributed by atoms with E-state index in [4.69, 9.17) is 0 Å². The molecule has 0 aromatic carbocycles. The van der Waals surface area contributed by atoms with Crippen molar-refractivity contribution in [3.05, 3.63) is 22.4 Å². The van der Waals surface area contributed by atoms with E-state index in [0.717, 1.165) is 25.3 Å². The zero-order chi connectivity index (χ0) is 13.2. The van der Waals surface area contributed by atoms with Crippen molar-refractivity contribution in [3.63, 3.8) is 0 Å². The molecule has 1 aromatic rings. The lowest BCUT2D eigenvalue weighted by Crippen LogP contribution is -2.40. The Labute approximate surface area is 118 Å². The zero-order valence-electron chi connectivity index (χ0n) is 11.3. The minimum absolute atomic E-state index is 0.257. The SMILES string of the molecule is CC(C)(C)C(=O)N1CCSC(c2cccs2)CC1. The lowest BCUT2D eigenvalue weighted by molar-refractivity contribution is -0.139. The first-order valence-electron chi connectivity index (χ1n) is 6.43. The molecule has 0 saturated carbocycles. The minimum atomic E-state index is -0.257. The Morgan fingerprint density at radius 1 is 1.39 bits per heavy atom. The van der Waals surface area contributed by atoms with Gasteiger partial charge in [-0.3, -0.25) is 4.79 Å². The van der Waals surface area contributed by atoms with Gasteiger partial charge in [-0.15, -0.1) is 11.3 Å². The van der Waals surface area contributed by atoms with Crippen LogP contribution in [0.1, 0.15) is 37.3 Å². The molecule has 1 fully saturated rings. The quantitative estimate of drug-likeness (QED) is 0.781. The van der Waals surface area contributed by atoms with Crippen molar-refractivity contribution in [2.24, 2.45) is 5.41 Å². The number of thiophene rings is 1. The van der Waals surface area contributed by atoms with E-state index in [1.165, 1.54) is 4.88 Å². The van der Waals surface area contributed by atoms with E-state index < -0.39 is 0 Å². The van der Waals surface area contributed by atoms with Gasteiger partial charge in [0.25, 0.3) is 0 Å². The van der Waals surface area contributed by atoms with Gasteiger partial charge in [-0.2, -0.15) is 11.8 Å². The Hall–Kier alpha value is -0.480. The molecule has 1 aliphatic heterocycles. The van der Waals surface area contributed by atoms with Gasteiger partial charge in [-0.25, -0.2) is 0 Å². The number of carbonyl (C=O) groups excluding carboxylic acids is 1. The van der Waals surface area contributed by atoms with Crippen LogP contribution in [-0.2, 0) is 4.79 Å². The van der Waals surface area contributed by atoms with E-state index in [1.54, 1.807) is 0 Å². The van der Waals surface area contributed by atoms with Crippen LogP contribution in [-0.4, -0.2) is 29.6 Å². The molecule has 4 heteroatoms. The number of rotatable bonds is 1. The first kappa shape index (κ1) is 13.9. The summed E-state index contributed by atoms with van der Waals surface area (Å²) in [6.07, 6.45) is 1.08. The number of hydrogen-bond acceptors (Lipinski definition) is 3. The van der Waals surface area contributed by atoms with Gasteiger partial charge in [0.1, 0.15) is 0 Å². The van der Waals surface area contributed by atoms with Gasteiger partial charge >= 0.3 is 0 Å². The Morgan fingerprint density at radius 2 is 2.17 bits per heavy atom. The lowest BCUT2D eigenvalue weighted by Gasteiger charge is -2.28. The fourth-order valence-electron chi connectivity index (χ4n) is 2.15. The van der Waals surface area contributed by atoms with E-state index in [1.807, 2.05) is 48.8 Å². The topological polar surface area (TPSA) is 20.3 Å². The summed E-state index contributed by atoms with van der Waals surface area (Å²) in [5.41, 5.74) is -0.257. The molecule has 2 rings (SSSR count). The fourth-order valence-corrected chi connectivity index (χ4v) is 4.39. The van der Waals surface area contributed by atoms with Gasteiger partial charge in [0.05, 0.1) is 0 Å². The minimum Gasteiger partial charge on any atom is -0.341 e. The van der Waals surface area contributed by atoms with E-state index >= 15 is 0 Å². The average molecular weight is 283 g/mol. The van der Waals surface area contributed by atoms with Crippen molar-refractivity contribution >= 4 is 29.0 Å². The molecule has 2 heterocycles. The Bertz CT molecular complexity index is 394. The highest BCUT2D eigenvalue weighted by Crippen LogP contribution is 2.37. The largest absolute Gasteiger partial charge is 0.341 e. The summed E-state index contributed by atoms with van der Waals surface area (Å²) < 4.78 is 0. The third kappa shape index (κ3) is 3.29. The molecule has 1 amide bonds. The zero-order valence-corrected chi connectivity index (χ0v) is 12.9. The molecule has 1 unspecified atom stereocenters. The Kier molecular flexibility index (Phi) is 4.38. The molecule has 1 aliphatic rings. The second-order valence-corrected chi connectivity index (χ2v) is 8.00. The number of hydrogen-bond donors (Lipinski definition) is 0. The second kappa shape index (κ2) is 5.66. The normalized spacial score (nSPS) is 21.7. The first-order chi connectivity index (χ1) is 8.48. The average Bonchev–Trinajstić information content (AvgIpc) is 2.72. The summed E-state index contributed by atoms with van der Waals surface area (Å²) in [5, 5.41) is 2.71. The molecule has 0 spiro atoms. The summed E-state index contributed by atoms with van der Waals surface area (Å²) in [4.78, 5) is 15.8. The molecule has 0 bridgehead atoms. The maximum Gasteiger partial charge on any atom is 0.227 e. The van der Waals surface area contributed by atoms with Crippen LogP contribution < -0.4 is 0 Å². The van der Waals surface area contributed by atoms with Crippen LogP contribution in [0.25, 0.3) is 0 Å². The summed E-state index contributed by atoms with van der Waals surface area (Å²) in [7, 11) is 0. The smallest absolute Gasteiger partial charge is 0.227 e. The summed E-state index contributed by atoms with van der Waals surface area (Å²) >= 11 is 3.82. The molecule has 0 aliphatic carbocycles. The standard InChI is InChI=1S/C14H21NOS2/c1-14(2,3)13(16)15-7-6-12(18-10-8-15)11-5-4-9-17-11/h4-5,9,12H,6-8,10H2,1-3H3. The van der Waals surface area contributed by atoms with Crippen molar-refractivity contribution in [2.45, 2.75) is 32.4 Å². The van der Waals surface area contributed by atoms with Crippen LogP contribution in [0.5, 0.6) is 0 Å². The van der Waals surface area contributed by atoms with Gasteiger partial charge in [0.15, 0.2) is 0 Å². The van der Waals surface area contributed by atoms with Crippen molar-refractivity contribution in [1.82, 2.24) is 4.90 Å². The van der Waals surface area contributed by atoms with Crippen LogP contribution >= 0.6 is 23.1 Å². The Balaban J connectivity index is 1.99. The predicted octanol–water partition coefficient (Wildman–Crippen LogP) is 3.80. The molecule has 100 valence electrons. The molecule has 0 radical (unpaired) electrons.